The van der Waals surface area contributed by atoms with Crippen molar-refractivity contribution < 1.29 is 4.79 Å². The molecular weight excluding hydrogens is 280 g/mol. The Kier molecular flexibility index (Phi) is 4.65. The van der Waals surface area contributed by atoms with Gasteiger partial charge in [0, 0.05) is 24.0 Å². The largest absolute Gasteiger partial charge is 0.341 e. The highest BCUT2D eigenvalue weighted by Gasteiger charge is 2.31. The van der Waals surface area contributed by atoms with Gasteiger partial charge in [0.15, 0.2) is 0 Å². The Morgan fingerprint density at radius 1 is 1.33 bits per heavy atom. The summed E-state index contributed by atoms with van der Waals surface area (Å²) in [7, 11) is 0. The van der Waals surface area contributed by atoms with Crippen molar-refractivity contribution in [3.05, 3.63) is 22.4 Å². The molecule has 4 heteroatoms. The van der Waals surface area contributed by atoms with Gasteiger partial charge in [-0.2, -0.15) is 0 Å². The average Bonchev–Trinajstić information content (AvgIpc) is 3.07. The number of thiophene rings is 1. The molecule has 3 rings (SSSR count). The van der Waals surface area contributed by atoms with E-state index in [1.54, 1.807) is 0 Å². The average molecular weight is 306 g/mol. The van der Waals surface area contributed by atoms with Gasteiger partial charge in [-0.1, -0.05) is 19.9 Å². The summed E-state index contributed by atoms with van der Waals surface area (Å²) in [5, 5.41) is 2.14. The van der Waals surface area contributed by atoms with Crippen LogP contribution in [0.15, 0.2) is 17.5 Å². The molecule has 0 radical (unpaired) electrons. The molecule has 1 aromatic heterocycles. The van der Waals surface area contributed by atoms with Crippen LogP contribution in [0.2, 0.25) is 0 Å². The standard InChI is InChI=1S/C17H26N2OS/c1-13-9-14(2)11-19(10-13)17(20)12-18-7-3-5-15(18)16-6-4-8-21-16/h4,6,8,13-15H,3,5,7,9-12H2,1-2H3/t13-,14+,15-/m1/s1. The molecule has 0 N–H and O–H groups in total. The molecular formula is C17H26N2OS. The summed E-state index contributed by atoms with van der Waals surface area (Å²) in [6.07, 6.45) is 3.66. The van der Waals surface area contributed by atoms with Gasteiger partial charge in [-0.25, -0.2) is 0 Å². The highest BCUT2D eigenvalue weighted by molar-refractivity contribution is 7.10. The van der Waals surface area contributed by atoms with Crippen LogP contribution in [0.1, 0.15) is 44.0 Å². The molecule has 3 heterocycles. The lowest BCUT2D eigenvalue weighted by Crippen LogP contribution is -2.46. The fourth-order valence-corrected chi connectivity index (χ4v) is 4.85. The third-order valence-corrected chi connectivity index (χ3v) is 5.77. The summed E-state index contributed by atoms with van der Waals surface area (Å²) in [4.78, 5) is 18.6. The second-order valence-corrected chi connectivity index (χ2v) is 7.87. The molecule has 3 atom stereocenters. The molecule has 3 nitrogen and oxygen atoms in total. The zero-order valence-electron chi connectivity index (χ0n) is 13.1. The molecule has 2 saturated heterocycles. The summed E-state index contributed by atoms with van der Waals surface area (Å²) in [6.45, 7) is 8.08. The lowest BCUT2D eigenvalue weighted by atomic mass is 9.92. The predicted molar refractivity (Wildman–Crippen MR) is 87.4 cm³/mol. The molecule has 21 heavy (non-hydrogen) atoms. The normalized spacial score (nSPS) is 30.8. The number of hydrogen-bond acceptors (Lipinski definition) is 3. The van der Waals surface area contributed by atoms with Gasteiger partial charge >= 0.3 is 0 Å². The van der Waals surface area contributed by atoms with Crippen LogP contribution in [-0.4, -0.2) is 41.9 Å². The summed E-state index contributed by atoms with van der Waals surface area (Å²) in [6, 6.07) is 4.80. The molecule has 1 aromatic rings. The Labute approximate surface area is 131 Å². The van der Waals surface area contributed by atoms with Gasteiger partial charge < -0.3 is 4.90 Å². The minimum Gasteiger partial charge on any atom is -0.341 e. The topological polar surface area (TPSA) is 23.6 Å². The highest BCUT2D eigenvalue weighted by atomic mass is 32.1. The van der Waals surface area contributed by atoms with E-state index in [2.05, 4.69) is 41.2 Å². The number of piperidine rings is 1. The summed E-state index contributed by atoms with van der Waals surface area (Å²) >= 11 is 1.82. The minimum absolute atomic E-state index is 0.330. The van der Waals surface area contributed by atoms with Crippen LogP contribution in [0.25, 0.3) is 0 Å². The Morgan fingerprint density at radius 3 is 2.76 bits per heavy atom. The SMILES string of the molecule is C[C@@H]1C[C@H](C)CN(C(=O)CN2CCC[C@@H]2c2cccs2)C1. The predicted octanol–water partition coefficient (Wildman–Crippen LogP) is 3.39. The van der Waals surface area contributed by atoms with Crippen molar-refractivity contribution in [3.8, 4) is 0 Å². The smallest absolute Gasteiger partial charge is 0.236 e. The second kappa shape index (κ2) is 6.49. The van der Waals surface area contributed by atoms with Crippen LogP contribution in [0, 0.1) is 11.8 Å². The lowest BCUT2D eigenvalue weighted by Gasteiger charge is -2.36. The van der Waals surface area contributed by atoms with E-state index in [4.69, 9.17) is 0 Å². The molecule has 2 aliphatic rings. The molecule has 0 bridgehead atoms. The Bertz CT molecular complexity index is 463. The van der Waals surface area contributed by atoms with Crippen molar-refractivity contribution in [1.29, 1.82) is 0 Å². The number of amides is 1. The van der Waals surface area contributed by atoms with E-state index < -0.39 is 0 Å². The van der Waals surface area contributed by atoms with Crippen LogP contribution in [0.3, 0.4) is 0 Å². The molecule has 0 aromatic carbocycles. The van der Waals surface area contributed by atoms with Crippen LogP contribution in [0.5, 0.6) is 0 Å². The molecule has 116 valence electrons. The van der Waals surface area contributed by atoms with Crippen LogP contribution in [-0.2, 0) is 4.79 Å². The molecule has 0 unspecified atom stereocenters. The Balaban J connectivity index is 1.61. The Morgan fingerprint density at radius 2 is 2.10 bits per heavy atom. The van der Waals surface area contributed by atoms with Crippen molar-refractivity contribution >= 4 is 17.2 Å². The van der Waals surface area contributed by atoms with E-state index >= 15 is 0 Å². The quantitative estimate of drug-likeness (QED) is 0.854. The van der Waals surface area contributed by atoms with E-state index in [1.165, 1.54) is 24.1 Å². The number of carbonyl (C=O) groups excluding carboxylic acids is 1. The highest BCUT2D eigenvalue weighted by Crippen LogP contribution is 2.34. The monoisotopic (exact) mass is 306 g/mol. The van der Waals surface area contributed by atoms with E-state index in [0.29, 0.717) is 30.3 Å². The molecule has 0 spiro atoms. The number of likely N-dealkylation sites (tertiary alicyclic amines) is 2. The van der Waals surface area contributed by atoms with Crippen LogP contribution < -0.4 is 0 Å². The van der Waals surface area contributed by atoms with Gasteiger partial charge in [0.05, 0.1) is 6.54 Å². The van der Waals surface area contributed by atoms with Crippen LogP contribution >= 0.6 is 11.3 Å². The summed E-state index contributed by atoms with van der Waals surface area (Å²) in [5.41, 5.74) is 0. The molecule has 2 aliphatic heterocycles. The van der Waals surface area contributed by atoms with Gasteiger partial charge in [0.2, 0.25) is 5.91 Å². The van der Waals surface area contributed by atoms with E-state index in [-0.39, 0.29) is 0 Å². The van der Waals surface area contributed by atoms with Crippen molar-refractivity contribution in [3.63, 3.8) is 0 Å². The van der Waals surface area contributed by atoms with Gasteiger partial charge in [-0.3, -0.25) is 9.69 Å². The maximum Gasteiger partial charge on any atom is 0.236 e. The zero-order valence-corrected chi connectivity index (χ0v) is 13.9. The van der Waals surface area contributed by atoms with Gasteiger partial charge in [-0.05, 0) is 49.1 Å². The summed E-state index contributed by atoms with van der Waals surface area (Å²) in [5.74, 6) is 1.62. The first-order valence-electron chi connectivity index (χ1n) is 8.18. The fraction of sp³-hybridized carbons (Fsp3) is 0.706. The van der Waals surface area contributed by atoms with Gasteiger partial charge in [0.25, 0.3) is 0 Å². The minimum atomic E-state index is 0.330. The maximum absolute atomic E-state index is 12.6. The summed E-state index contributed by atoms with van der Waals surface area (Å²) < 4.78 is 0. The molecule has 2 fully saturated rings. The molecule has 0 aliphatic carbocycles. The van der Waals surface area contributed by atoms with Crippen LogP contribution in [0.4, 0.5) is 0 Å². The van der Waals surface area contributed by atoms with Crippen molar-refractivity contribution in [2.45, 2.75) is 39.2 Å². The zero-order chi connectivity index (χ0) is 14.8. The number of nitrogens with zero attached hydrogens (tertiary/aromatic N) is 2. The third kappa shape index (κ3) is 3.49. The molecule has 1 amide bonds. The first-order chi connectivity index (χ1) is 10.1. The van der Waals surface area contributed by atoms with E-state index in [1.807, 2.05) is 11.3 Å². The molecule has 0 saturated carbocycles. The van der Waals surface area contributed by atoms with Crippen molar-refractivity contribution in [2.24, 2.45) is 11.8 Å². The van der Waals surface area contributed by atoms with Crippen molar-refractivity contribution in [1.82, 2.24) is 9.80 Å². The number of rotatable bonds is 3. The third-order valence-electron chi connectivity index (χ3n) is 4.80. The van der Waals surface area contributed by atoms with Gasteiger partial charge in [-0.15, -0.1) is 11.3 Å². The van der Waals surface area contributed by atoms with Gasteiger partial charge in [0.1, 0.15) is 0 Å². The second-order valence-electron chi connectivity index (χ2n) is 6.89. The number of carbonyl (C=O) groups is 1. The Hall–Kier alpha value is -0.870. The number of hydrogen-bond donors (Lipinski definition) is 0. The fourth-order valence-electron chi connectivity index (χ4n) is 3.96. The first-order valence-corrected chi connectivity index (χ1v) is 9.06. The van der Waals surface area contributed by atoms with Crippen molar-refractivity contribution in [2.75, 3.05) is 26.2 Å². The lowest BCUT2D eigenvalue weighted by molar-refractivity contribution is -0.135. The first kappa shape index (κ1) is 15.0. The maximum atomic E-state index is 12.6. The van der Waals surface area contributed by atoms with E-state index in [0.717, 1.165) is 19.6 Å². The van der Waals surface area contributed by atoms with E-state index in [9.17, 15) is 4.79 Å².